The third-order valence-electron chi connectivity index (χ3n) is 2.68. The predicted molar refractivity (Wildman–Crippen MR) is 68.5 cm³/mol. The van der Waals surface area contributed by atoms with Crippen LogP contribution in [-0.2, 0) is 0 Å². The molecule has 5 N–H and O–H groups in total. The average Bonchev–Trinajstić information content (AvgIpc) is 3.04. The number of aromatic nitrogens is 3. The topological polar surface area (TPSA) is 122 Å². The van der Waals surface area contributed by atoms with Gasteiger partial charge >= 0.3 is 0 Å². The van der Waals surface area contributed by atoms with Gasteiger partial charge in [-0.05, 0) is 6.92 Å². The lowest BCUT2D eigenvalue weighted by atomic mass is 10.1. The van der Waals surface area contributed by atoms with Crippen LogP contribution < -0.4 is 0 Å². The van der Waals surface area contributed by atoms with E-state index in [4.69, 9.17) is 5.11 Å². The summed E-state index contributed by atoms with van der Waals surface area (Å²) in [6.45, 7) is 1.23. The molecular formula is C11H15N3O4S. The van der Waals surface area contributed by atoms with E-state index in [-0.39, 0.29) is 5.69 Å². The Morgan fingerprint density at radius 1 is 1.37 bits per heavy atom. The molecule has 104 valence electrons. The summed E-state index contributed by atoms with van der Waals surface area (Å²) in [6.07, 6.45) is -2.90. The van der Waals surface area contributed by atoms with E-state index in [0.29, 0.717) is 11.5 Å². The van der Waals surface area contributed by atoms with E-state index in [1.807, 2.05) is 12.3 Å². The zero-order chi connectivity index (χ0) is 14.0. The number of imidazole rings is 1. The van der Waals surface area contributed by atoms with Crippen LogP contribution in [0.15, 0.2) is 11.6 Å². The third-order valence-corrected chi connectivity index (χ3v) is 3.45. The molecule has 2 aromatic heterocycles. The van der Waals surface area contributed by atoms with E-state index < -0.39 is 24.9 Å². The van der Waals surface area contributed by atoms with Crippen LogP contribution >= 0.6 is 11.3 Å². The highest BCUT2D eigenvalue weighted by atomic mass is 32.1. The molecule has 0 bridgehead atoms. The van der Waals surface area contributed by atoms with E-state index >= 15 is 0 Å². The number of aryl methyl sites for hydroxylation is 1. The highest BCUT2D eigenvalue weighted by molar-refractivity contribution is 7.09. The molecule has 0 radical (unpaired) electrons. The first-order chi connectivity index (χ1) is 9.02. The summed E-state index contributed by atoms with van der Waals surface area (Å²) >= 11 is 1.48. The summed E-state index contributed by atoms with van der Waals surface area (Å²) in [4.78, 5) is 11.1. The fraction of sp³-hybridized carbons (Fsp3) is 0.455. The molecule has 3 atom stereocenters. The summed E-state index contributed by atoms with van der Waals surface area (Å²) < 4.78 is 0. The minimum absolute atomic E-state index is 0.251. The van der Waals surface area contributed by atoms with Gasteiger partial charge in [-0.25, -0.2) is 9.97 Å². The van der Waals surface area contributed by atoms with E-state index in [2.05, 4.69) is 15.0 Å². The number of aliphatic hydroxyl groups excluding tert-OH is 4. The smallest absolute Gasteiger partial charge is 0.157 e. The van der Waals surface area contributed by atoms with Crippen LogP contribution in [0.4, 0.5) is 0 Å². The Bertz CT molecular complexity index is 542. The first-order valence-corrected chi connectivity index (χ1v) is 6.53. The number of thiazole rings is 1. The molecule has 19 heavy (non-hydrogen) atoms. The van der Waals surface area contributed by atoms with Gasteiger partial charge in [-0.1, -0.05) is 0 Å². The van der Waals surface area contributed by atoms with Crippen LogP contribution in [0.3, 0.4) is 0 Å². The number of hydrogen-bond donors (Lipinski definition) is 5. The van der Waals surface area contributed by atoms with E-state index in [1.165, 1.54) is 17.5 Å². The molecule has 0 aromatic carbocycles. The van der Waals surface area contributed by atoms with Crippen LogP contribution in [0, 0.1) is 6.92 Å². The van der Waals surface area contributed by atoms with Crippen molar-refractivity contribution >= 4 is 11.3 Å². The monoisotopic (exact) mass is 285 g/mol. The fourth-order valence-electron chi connectivity index (χ4n) is 1.59. The Kier molecular flexibility index (Phi) is 4.27. The summed E-state index contributed by atoms with van der Waals surface area (Å²) in [5, 5.41) is 40.2. The zero-order valence-corrected chi connectivity index (χ0v) is 11.0. The number of nitrogens with one attached hydrogen (secondary N) is 1. The molecule has 0 saturated heterocycles. The lowest BCUT2D eigenvalue weighted by Crippen LogP contribution is -2.34. The van der Waals surface area contributed by atoms with Gasteiger partial charge in [-0.2, -0.15) is 0 Å². The van der Waals surface area contributed by atoms with Crippen molar-refractivity contribution in [1.82, 2.24) is 15.0 Å². The third kappa shape index (κ3) is 2.99. The number of hydrogen-bond acceptors (Lipinski definition) is 7. The van der Waals surface area contributed by atoms with Crippen molar-refractivity contribution in [1.29, 1.82) is 0 Å². The lowest BCUT2D eigenvalue weighted by molar-refractivity contribution is -0.0788. The number of rotatable bonds is 5. The van der Waals surface area contributed by atoms with Gasteiger partial charge in [0, 0.05) is 5.38 Å². The quantitative estimate of drug-likeness (QED) is 0.509. The Balaban J connectivity index is 2.17. The second kappa shape index (κ2) is 5.76. The maximum absolute atomic E-state index is 9.85. The molecule has 8 heteroatoms. The highest BCUT2D eigenvalue weighted by Gasteiger charge is 2.27. The van der Waals surface area contributed by atoms with Gasteiger partial charge in [-0.15, -0.1) is 11.3 Å². The van der Waals surface area contributed by atoms with Gasteiger partial charge in [0.1, 0.15) is 24.0 Å². The number of aliphatic hydroxyl groups is 4. The average molecular weight is 285 g/mol. The molecule has 2 heterocycles. The SMILES string of the molecule is Cc1nc(-c2ncc(C(O)C(O)C(O)CO)[nH]2)cs1. The van der Waals surface area contributed by atoms with Crippen LogP contribution in [-0.4, -0.2) is 54.2 Å². The van der Waals surface area contributed by atoms with E-state index in [9.17, 15) is 15.3 Å². The van der Waals surface area contributed by atoms with Gasteiger partial charge in [0.25, 0.3) is 0 Å². The summed E-state index contributed by atoms with van der Waals surface area (Å²) in [7, 11) is 0. The molecule has 3 unspecified atom stereocenters. The van der Waals surface area contributed by atoms with Gasteiger partial charge < -0.3 is 25.4 Å². The lowest BCUT2D eigenvalue weighted by Gasteiger charge is -2.20. The van der Waals surface area contributed by atoms with E-state index in [0.717, 1.165) is 5.01 Å². The molecule has 0 aliphatic rings. The molecule has 0 spiro atoms. The number of aromatic amines is 1. The van der Waals surface area contributed by atoms with Gasteiger partial charge in [-0.3, -0.25) is 0 Å². The standard InChI is InChI=1S/C11H15N3O4S/c1-5-13-7(4-19-5)11-12-2-6(14-11)9(17)10(18)8(16)3-15/h2,4,8-10,15-18H,3H2,1H3,(H,12,14). The largest absolute Gasteiger partial charge is 0.394 e. The Morgan fingerprint density at radius 3 is 2.68 bits per heavy atom. The minimum Gasteiger partial charge on any atom is -0.394 e. The van der Waals surface area contributed by atoms with Crippen LogP contribution in [0.25, 0.3) is 11.5 Å². The molecule has 2 rings (SSSR count). The van der Waals surface area contributed by atoms with Crippen LogP contribution in [0.2, 0.25) is 0 Å². The first-order valence-electron chi connectivity index (χ1n) is 5.65. The van der Waals surface area contributed by atoms with Crippen LogP contribution in [0.1, 0.15) is 16.8 Å². The second-order valence-corrected chi connectivity index (χ2v) is 5.19. The number of H-pyrrole nitrogens is 1. The Morgan fingerprint density at radius 2 is 2.11 bits per heavy atom. The Labute approximate surface area is 113 Å². The fourth-order valence-corrected chi connectivity index (χ4v) is 2.19. The minimum atomic E-state index is -1.49. The van der Waals surface area contributed by atoms with Crippen molar-refractivity contribution in [2.75, 3.05) is 6.61 Å². The molecule has 0 fully saturated rings. The molecular weight excluding hydrogens is 270 g/mol. The molecule has 0 aliphatic heterocycles. The molecule has 0 saturated carbocycles. The van der Waals surface area contributed by atoms with Crippen molar-refractivity contribution in [3.05, 3.63) is 22.3 Å². The van der Waals surface area contributed by atoms with Crippen molar-refractivity contribution < 1.29 is 20.4 Å². The van der Waals surface area contributed by atoms with Crippen molar-refractivity contribution in [3.8, 4) is 11.5 Å². The van der Waals surface area contributed by atoms with Crippen molar-refractivity contribution in [2.45, 2.75) is 25.2 Å². The van der Waals surface area contributed by atoms with Crippen LogP contribution in [0.5, 0.6) is 0 Å². The first kappa shape index (κ1) is 14.1. The Hall–Kier alpha value is -1.32. The summed E-state index contributed by atoms with van der Waals surface area (Å²) in [6, 6.07) is 0. The maximum Gasteiger partial charge on any atom is 0.157 e. The molecule has 0 aliphatic carbocycles. The number of nitrogens with zero attached hydrogens (tertiary/aromatic N) is 2. The van der Waals surface area contributed by atoms with Crippen molar-refractivity contribution in [3.63, 3.8) is 0 Å². The molecule has 7 nitrogen and oxygen atoms in total. The molecule has 0 amide bonds. The van der Waals surface area contributed by atoms with Gasteiger partial charge in [0.05, 0.1) is 23.5 Å². The van der Waals surface area contributed by atoms with Gasteiger partial charge in [0.2, 0.25) is 0 Å². The zero-order valence-electron chi connectivity index (χ0n) is 10.2. The summed E-state index contributed by atoms with van der Waals surface area (Å²) in [5.41, 5.74) is 0.902. The highest BCUT2D eigenvalue weighted by Crippen LogP contribution is 2.22. The second-order valence-electron chi connectivity index (χ2n) is 4.12. The van der Waals surface area contributed by atoms with Gasteiger partial charge in [0.15, 0.2) is 5.82 Å². The normalized spacial score (nSPS) is 16.3. The molecule has 2 aromatic rings. The predicted octanol–water partition coefficient (Wildman–Crippen LogP) is -0.411. The van der Waals surface area contributed by atoms with E-state index in [1.54, 1.807) is 0 Å². The summed E-state index contributed by atoms with van der Waals surface area (Å²) in [5.74, 6) is 0.476. The van der Waals surface area contributed by atoms with Crippen molar-refractivity contribution in [2.24, 2.45) is 0 Å². The maximum atomic E-state index is 9.85.